The Bertz CT molecular complexity index is 667. The number of hydrogen-bond donors (Lipinski definition) is 1. The van der Waals surface area contributed by atoms with E-state index in [9.17, 15) is 9.59 Å². The third kappa shape index (κ3) is 4.99. The van der Waals surface area contributed by atoms with E-state index in [0.29, 0.717) is 18.1 Å². The van der Waals surface area contributed by atoms with Crippen molar-refractivity contribution in [3.63, 3.8) is 0 Å². The Balaban J connectivity index is 1.52. The second kappa shape index (κ2) is 8.27. The van der Waals surface area contributed by atoms with Crippen molar-refractivity contribution in [3.8, 4) is 0 Å². The summed E-state index contributed by atoms with van der Waals surface area (Å²) in [4.78, 5) is 32.7. The zero-order valence-electron chi connectivity index (χ0n) is 16.7. The summed E-state index contributed by atoms with van der Waals surface area (Å²) in [6.07, 6.45) is 5.59. The molecular weight excluding hydrogens is 346 g/mol. The molecule has 3 rings (SSSR count). The molecule has 0 spiro atoms. The van der Waals surface area contributed by atoms with Gasteiger partial charge in [0, 0.05) is 37.5 Å². The van der Waals surface area contributed by atoms with E-state index in [0.717, 1.165) is 51.7 Å². The number of carbonyl (C=O) groups excluding carboxylic acids is 2. The molecule has 8 nitrogen and oxygen atoms in total. The van der Waals surface area contributed by atoms with Gasteiger partial charge < -0.3 is 19.6 Å². The Morgan fingerprint density at radius 2 is 2.07 bits per heavy atom. The van der Waals surface area contributed by atoms with E-state index in [-0.39, 0.29) is 29.9 Å². The molecule has 8 heteroatoms. The maximum atomic E-state index is 12.7. The van der Waals surface area contributed by atoms with Gasteiger partial charge in [-0.15, -0.1) is 0 Å². The lowest BCUT2D eigenvalue weighted by molar-refractivity contribution is -0.127. The molecule has 0 aromatic carbocycles. The molecule has 1 aromatic rings. The van der Waals surface area contributed by atoms with Crippen molar-refractivity contribution in [2.45, 2.75) is 77.3 Å². The van der Waals surface area contributed by atoms with Crippen LogP contribution in [0.2, 0.25) is 0 Å². The predicted molar refractivity (Wildman–Crippen MR) is 100 cm³/mol. The number of nitrogens with zero attached hydrogens (tertiary/aromatic N) is 4. The van der Waals surface area contributed by atoms with Gasteiger partial charge in [-0.05, 0) is 32.1 Å². The zero-order valence-corrected chi connectivity index (χ0v) is 16.7. The van der Waals surface area contributed by atoms with Gasteiger partial charge in [0.05, 0.1) is 6.54 Å². The highest BCUT2D eigenvalue weighted by Gasteiger charge is 2.29. The summed E-state index contributed by atoms with van der Waals surface area (Å²) in [6.45, 7) is 8.63. The van der Waals surface area contributed by atoms with Crippen LogP contribution in [0.3, 0.4) is 0 Å². The highest BCUT2D eigenvalue weighted by molar-refractivity contribution is 5.78. The Kier molecular flexibility index (Phi) is 6.01. The van der Waals surface area contributed by atoms with Crippen LogP contribution < -0.4 is 5.32 Å². The number of amides is 3. The number of hydrogen-bond acceptors (Lipinski definition) is 5. The van der Waals surface area contributed by atoms with Gasteiger partial charge in [0.1, 0.15) is 0 Å². The minimum absolute atomic E-state index is 0.0945. The fourth-order valence-corrected chi connectivity index (χ4v) is 3.70. The first-order chi connectivity index (χ1) is 12.8. The van der Waals surface area contributed by atoms with Crippen molar-refractivity contribution < 1.29 is 14.1 Å². The number of rotatable bonds is 5. The van der Waals surface area contributed by atoms with Crippen LogP contribution in [0.15, 0.2) is 4.52 Å². The monoisotopic (exact) mass is 377 g/mol. The first kappa shape index (κ1) is 19.6. The van der Waals surface area contributed by atoms with Gasteiger partial charge in [0.15, 0.2) is 5.82 Å². The molecule has 27 heavy (non-hydrogen) atoms. The van der Waals surface area contributed by atoms with Gasteiger partial charge in [-0.1, -0.05) is 25.9 Å². The van der Waals surface area contributed by atoms with Crippen LogP contribution in [0.25, 0.3) is 0 Å². The van der Waals surface area contributed by atoms with Crippen molar-refractivity contribution in [1.29, 1.82) is 0 Å². The van der Waals surface area contributed by atoms with Crippen LogP contribution in [0.4, 0.5) is 4.79 Å². The fourth-order valence-electron chi connectivity index (χ4n) is 3.70. The van der Waals surface area contributed by atoms with Crippen molar-refractivity contribution in [2.24, 2.45) is 0 Å². The van der Waals surface area contributed by atoms with Crippen LogP contribution in [-0.2, 0) is 16.8 Å². The SMILES string of the molecule is CC(C)(C)c1noc(CNC(=O)N2CCCC[C@H]2CCN2CCCC2=O)n1. The van der Waals surface area contributed by atoms with E-state index in [1.165, 1.54) is 0 Å². The van der Waals surface area contributed by atoms with Crippen molar-refractivity contribution >= 4 is 11.9 Å². The molecule has 150 valence electrons. The predicted octanol–water partition coefficient (Wildman–Crippen LogP) is 2.44. The van der Waals surface area contributed by atoms with Crippen LogP contribution in [0.1, 0.15) is 71.0 Å². The van der Waals surface area contributed by atoms with E-state index < -0.39 is 0 Å². The number of urea groups is 1. The fraction of sp³-hybridized carbons (Fsp3) is 0.789. The highest BCUT2D eigenvalue weighted by Crippen LogP contribution is 2.22. The highest BCUT2D eigenvalue weighted by atomic mass is 16.5. The normalized spacial score (nSPS) is 21.0. The van der Waals surface area contributed by atoms with Crippen molar-refractivity contribution in [3.05, 3.63) is 11.7 Å². The minimum Gasteiger partial charge on any atom is -0.343 e. The topological polar surface area (TPSA) is 91.6 Å². The zero-order chi connectivity index (χ0) is 19.4. The molecule has 3 amide bonds. The lowest BCUT2D eigenvalue weighted by Gasteiger charge is -2.36. The van der Waals surface area contributed by atoms with Crippen LogP contribution in [0.5, 0.6) is 0 Å². The summed E-state index contributed by atoms with van der Waals surface area (Å²) in [7, 11) is 0. The van der Waals surface area contributed by atoms with Gasteiger partial charge in [-0.25, -0.2) is 4.79 Å². The third-order valence-corrected chi connectivity index (χ3v) is 5.32. The minimum atomic E-state index is -0.184. The Morgan fingerprint density at radius 1 is 1.26 bits per heavy atom. The molecule has 0 unspecified atom stereocenters. The number of carbonyl (C=O) groups is 2. The van der Waals surface area contributed by atoms with E-state index in [4.69, 9.17) is 4.52 Å². The molecule has 1 aromatic heterocycles. The Hall–Kier alpha value is -2.12. The molecule has 2 saturated heterocycles. The van der Waals surface area contributed by atoms with Crippen molar-refractivity contribution in [1.82, 2.24) is 25.3 Å². The largest absolute Gasteiger partial charge is 0.343 e. The summed E-state index contributed by atoms with van der Waals surface area (Å²) in [5.74, 6) is 1.30. The summed E-state index contributed by atoms with van der Waals surface area (Å²) >= 11 is 0. The molecule has 2 aliphatic rings. The molecule has 3 heterocycles. The van der Waals surface area contributed by atoms with Gasteiger partial charge in [-0.3, -0.25) is 4.79 Å². The standard InChI is InChI=1S/C19H31N5O3/c1-19(2,3)17-21-15(27-22-17)13-20-18(26)24-11-5-4-7-14(24)9-12-23-10-6-8-16(23)25/h14H,4-13H2,1-3H3,(H,20,26)/t14-/m0/s1. The third-order valence-electron chi connectivity index (χ3n) is 5.32. The number of piperidine rings is 1. The average molecular weight is 377 g/mol. The molecule has 0 radical (unpaired) electrons. The second-order valence-electron chi connectivity index (χ2n) is 8.54. The maximum absolute atomic E-state index is 12.7. The summed E-state index contributed by atoms with van der Waals surface area (Å²) in [6, 6.07) is 0.0860. The van der Waals surface area contributed by atoms with E-state index >= 15 is 0 Å². The molecule has 2 fully saturated rings. The summed E-state index contributed by atoms with van der Waals surface area (Å²) in [5.41, 5.74) is -0.184. The maximum Gasteiger partial charge on any atom is 0.318 e. The van der Waals surface area contributed by atoms with Crippen molar-refractivity contribution in [2.75, 3.05) is 19.6 Å². The lowest BCUT2D eigenvalue weighted by atomic mass is 9.96. The average Bonchev–Trinajstić information content (AvgIpc) is 3.27. The number of nitrogens with one attached hydrogen (secondary N) is 1. The van der Waals surface area contributed by atoms with Crippen LogP contribution in [0, 0.1) is 0 Å². The Labute approximate surface area is 160 Å². The van der Waals surface area contributed by atoms with Gasteiger partial charge in [0.2, 0.25) is 11.8 Å². The molecule has 1 atom stereocenters. The van der Waals surface area contributed by atoms with Gasteiger partial charge in [0.25, 0.3) is 0 Å². The molecule has 0 saturated carbocycles. The van der Waals surface area contributed by atoms with Gasteiger partial charge in [-0.2, -0.15) is 4.98 Å². The molecular formula is C19H31N5O3. The number of aromatic nitrogens is 2. The second-order valence-corrected chi connectivity index (χ2v) is 8.54. The summed E-state index contributed by atoms with van der Waals surface area (Å²) < 4.78 is 5.24. The van der Waals surface area contributed by atoms with Crippen LogP contribution in [-0.4, -0.2) is 57.6 Å². The Morgan fingerprint density at radius 3 is 2.74 bits per heavy atom. The molecule has 0 bridgehead atoms. The molecule has 2 aliphatic heterocycles. The smallest absolute Gasteiger partial charge is 0.318 e. The molecule has 0 aliphatic carbocycles. The van der Waals surface area contributed by atoms with E-state index in [1.54, 1.807) is 0 Å². The quantitative estimate of drug-likeness (QED) is 0.851. The first-order valence-electron chi connectivity index (χ1n) is 10.00. The van der Waals surface area contributed by atoms with E-state index in [2.05, 4.69) is 15.5 Å². The molecule has 1 N–H and O–H groups in total. The first-order valence-corrected chi connectivity index (χ1v) is 10.00. The number of likely N-dealkylation sites (tertiary alicyclic amines) is 2. The van der Waals surface area contributed by atoms with Crippen LogP contribution >= 0.6 is 0 Å². The summed E-state index contributed by atoms with van der Waals surface area (Å²) in [5, 5.41) is 6.90. The lowest BCUT2D eigenvalue weighted by Crippen LogP contribution is -2.49. The van der Waals surface area contributed by atoms with Gasteiger partial charge >= 0.3 is 6.03 Å². The van der Waals surface area contributed by atoms with E-state index in [1.807, 2.05) is 30.6 Å².